The van der Waals surface area contributed by atoms with Gasteiger partial charge in [-0.15, -0.1) is 0 Å². The fourth-order valence-corrected chi connectivity index (χ4v) is 2.02. The molecule has 0 aliphatic heterocycles. The maximum Gasteiger partial charge on any atom is 0.255 e. The lowest BCUT2D eigenvalue weighted by atomic mass is 10.2. The highest BCUT2D eigenvalue weighted by atomic mass is 16.5. The van der Waals surface area contributed by atoms with Crippen LogP contribution in [0.15, 0.2) is 60.7 Å². The van der Waals surface area contributed by atoms with E-state index in [4.69, 9.17) is 14.2 Å². The van der Waals surface area contributed by atoms with Crippen LogP contribution in [0.2, 0.25) is 0 Å². The van der Waals surface area contributed by atoms with Gasteiger partial charge >= 0.3 is 0 Å². The van der Waals surface area contributed by atoms with Gasteiger partial charge in [0.1, 0.15) is 24.7 Å². The monoisotopic (exact) mass is 341 g/mol. The van der Waals surface area contributed by atoms with Gasteiger partial charge in [0, 0.05) is 24.4 Å². The molecule has 0 saturated carbocycles. The van der Waals surface area contributed by atoms with Crippen molar-refractivity contribution in [2.24, 2.45) is 0 Å². The summed E-state index contributed by atoms with van der Waals surface area (Å²) in [4.78, 5) is 12.3. The number of amides is 1. The van der Waals surface area contributed by atoms with Gasteiger partial charge in [0.15, 0.2) is 0 Å². The minimum Gasteiger partial charge on any atom is -0.491 e. The molecule has 1 N–H and O–H groups in total. The zero-order chi connectivity index (χ0) is 18.1. The number of rotatable bonds is 9. The summed E-state index contributed by atoms with van der Waals surface area (Å²) >= 11 is 0. The Morgan fingerprint density at radius 1 is 1.04 bits per heavy atom. The third-order valence-electron chi connectivity index (χ3n) is 3.25. The Morgan fingerprint density at radius 2 is 1.80 bits per heavy atom. The summed E-state index contributed by atoms with van der Waals surface area (Å²) < 4.78 is 16.0. The lowest BCUT2D eigenvalue weighted by Gasteiger charge is -2.10. The number of nitrogens with one attached hydrogen (secondary N) is 1. The second kappa shape index (κ2) is 9.49. The van der Waals surface area contributed by atoms with Gasteiger partial charge in [-0.3, -0.25) is 4.79 Å². The van der Waals surface area contributed by atoms with Crippen molar-refractivity contribution in [3.63, 3.8) is 0 Å². The number of carbonyl (C=O) groups is 1. The normalized spacial score (nSPS) is 10.2. The molecule has 2 rings (SSSR count). The topological polar surface area (TPSA) is 56.8 Å². The number of hydrogen-bond acceptors (Lipinski definition) is 4. The zero-order valence-corrected chi connectivity index (χ0v) is 14.6. The summed E-state index contributed by atoms with van der Waals surface area (Å²) in [5.41, 5.74) is 2.15. The molecule has 0 aliphatic carbocycles. The van der Waals surface area contributed by atoms with Crippen LogP contribution in [0.1, 0.15) is 17.3 Å². The zero-order valence-electron chi connectivity index (χ0n) is 14.6. The summed E-state index contributed by atoms with van der Waals surface area (Å²) in [5.74, 6) is 1.19. The van der Waals surface area contributed by atoms with Gasteiger partial charge < -0.3 is 19.5 Å². The van der Waals surface area contributed by atoms with Crippen molar-refractivity contribution in [3.8, 4) is 11.5 Å². The Bertz CT molecular complexity index is 710. The molecule has 132 valence electrons. The number of methoxy groups -OCH3 is 1. The third kappa shape index (κ3) is 6.31. The molecule has 0 aliphatic rings. The van der Waals surface area contributed by atoms with Crippen molar-refractivity contribution in [1.29, 1.82) is 0 Å². The molecule has 2 aromatic rings. The molecular formula is C20H23NO4. The molecule has 0 saturated heterocycles. The van der Waals surface area contributed by atoms with Crippen LogP contribution in [0, 0.1) is 0 Å². The first-order chi connectivity index (χ1) is 12.1. The molecule has 0 unspecified atom stereocenters. The van der Waals surface area contributed by atoms with Crippen LogP contribution in [-0.2, 0) is 4.74 Å². The van der Waals surface area contributed by atoms with E-state index in [1.807, 2.05) is 25.1 Å². The van der Waals surface area contributed by atoms with Gasteiger partial charge in [0.25, 0.3) is 5.91 Å². The first kappa shape index (κ1) is 18.5. The van der Waals surface area contributed by atoms with E-state index in [2.05, 4.69) is 11.9 Å². The fourth-order valence-electron chi connectivity index (χ4n) is 2.02. The number of hydrogen-bond donors (Lipinski definition) is 1. The molecular weight excluding hydrogens is 318 g/mol. The molecule has 0 aromatic heterocycles. The Balaban J connectivity index is 1.95. The van der Waals surface area contributed by atoms with Gasteiger partial charge in [-0.1, -0.05) is 12.6 Å². The first-order valence-corrected chi connectivity index (χ1v) is 7.99. The molecule has 5 nitrogen and oxygen atoms in total. The van der Waals surface area contributed by atoms with E-state index >= 15 is 0 Å². The quantitative estimate of drug-likeness (QED) is 0.555. The summed E-state index contributed by atoms with van der Waals surface area (Å²) in [6.45, 7) is 7.13. The lowest BCUT2D eigenvalue weighted by molar-refractivity contribution is 0.102. The minimum atomic E-state index is -0.194. The summed E-state index contributed by atoms with van der Waals surface area (Å²) in [7, 11) is 1.62. The predicted octanol–water partition coefficient (Wildman–Crippen LogP) is 3.92. The average molecular weight is 341 g/mol. The van der Waals surface area contributed by atoms with E-state index in [0.29, 0.717) is 42.6 Å². The number of ether oxygens (including phenoxy) is 3. The van der Waals surface area contributed by atoms with Crippen molar-refractivity contribution in [1.82, 2.24) is 0 Å². The fraction of sp³-hybridized carbons (Fsp3) is 0.250. The average Bonchev–Trinajstić information content (AvgIpc) is 2.61. The Kier molecular flexibility index (Phi) is 7.04. The summed E-state index contributed by atoms with van der Waals surface area (Å²) in [5, 5.41) is 2.86. The molecule has 5 heteroatoms. The van der Waals surface area contributed by atoms with Crippen molar-refractivity contribution in [2.45, 2.75) is 6.92 Å². The molecule has 0 radical (unpaired) electrons. The Hall–Kier alpha value is -2.79. The Morgan fingerprint density at radius 3 is 2.48 bits per heavy atom. The second-order valence-corrected chi connectivity index (χ2v) is 5.59. The highest BCUT2D eigenvalue weighted by Crippen LogP contribution is 2.19. The molecule has 0 spiro atoms. The van der Waals surface area contributed by atoms with Gasteiger partial charge in [-0.25, -0.2) is 0 Å². The van der Waals surface area contributed by atoms with Gasteiger partial charge in [-0.05, 0) is 48.9 Å². The van der Waals surface area contributed by atoms with Crippen LogP contribution in [0.5, 0.6) is 11.5 Å². The molecule has 1 amide bonds. The van der Waals surface area contributed by atoms with Crippen molar-refractivity contribution >= 4 is 11.6 Å². The largest absolute Gasteiger partial charge is 0.491 e. The number of carbonyl (C=O) groups excluding carboxylic acids is 1. The maximum absolute atomic E-state index is 12.3. The molecule has 0 heterocycles. The van der Waals surface area contributed by atoms with Crippen LogP contribution in [0.3, 0.4) is 0 Å². The lowest BCUT2D eigenvalue weighted by Crippen LogP contribution is -2.12. The van der Waals surface area contributed by atoms with E-state index in [9.17, 15) is 4.79 Å². The second-order valence-electron chi connectivity index (χ2n) is 5.59. The van der Waals surface area contributed by atoms with E-state index < -0.39 is 0 Å². The van der Waals surface area contributed by atoms with E-state index in [0.717, 1.165) is 5.57 Å². The van der Waals surface area contributed by atoms with Crippen molar-refractivity contribution in [2.75, 3.05) is 32.2 Å². The smallest absolute Gasteiger partial charge is 0.255 e. The van der Waals surface area contributed by atoms with Crippen molar-refractivity contribution in [3.05, 3.63) is 66.2 Å². The van der Waals surface area contributed by atoms with Gasteiger partial charge in [-0.2, -0.15) is 0 Å². The molecule has 0 bridgehead atoms. The molecule has 25 heavy (non-hydrogen) atoms. The SMILES string of the molecule is C=C(C)COc1cccc(NC(=O)c2ccc(OCCOC)cc2)c1. The molecule has 0 fully saturated rings. The third-order valence-corrected chi connectivity index (χ3v) is 3.25. The van der Waals surface area contributed by atoms with Crippen LogP contribution >= 0.6 is 0 Å². The standard InChI is InChI=1S/C20H23NO4/c1-15(2)14-25-19-6-4-5-17(13-19)21-20(22)16-7-9-18(10-8-16)24-12-11-23-3/h4-10,13H,1,11-12,14H2,2-3H3,(H,21,22). The van der Waals surface area contributed by atoms with Gasteiger partial charge in [0.2, 0.25) is 0 Å². The molecule has 0 atom stereocenters. The predicted molar refractivity (Wildman–Crippen MR) is 98.5 cm³/mol. The summed E-state index contributed by atoms with van der Waals surface area (Å²) in [6, 6.07) is 14.2. The van der Waals surface area contributed by atoms with E-state index in [1.165, 1.54) is 0 Å². The van der Waals surface area contributed by atoms with Gasteiger partial charge in [0.05, 0.1) is 6.61 Å². The van der Waals surface area contributed by atoms with E-state index in [1.54, 1.807) is 37.4 Å². The van der Waals surface area contributed by atoms with Crippen LogP contribution in [-0.4, -0.2) is 32.8 Å². The first-order valence-electron chi connectivity index (χ1n) is 7.99. The molecule has 2 aromatic carbocycles. The van der Waals surface area contributed by atoms with Crippen LogP contribution in [0.4, 0.5) is 5.69 Å². The van der Waals surface area contributed by atoms with E-state index in [-0.39, 0.29) is 5.91 Å². The number of benzene rings is 2. The maximum atomic E-state index is 12.3. The number of anilines is 1. The van der Waals surface area contributed by atoms with Crippen LogP contribution in [0.25, 0.3) is 0 Å². The van der Waals surface area contributed by atoms with Crippen LogP contribution < -0.4 is 14.8 Å². The highest BCUT2D eigenvalue weighted by Gasteiger charge is 2.07. The highest BCUT2D eigenvalue weighted by molar-refractivity contribution is 6.04. The van der Waals surface area contributed by atoms with Crippen molar-refractivity contribution < 1.29 is 19.0 Å². The Labute approximate surface area is 148 Å². The summed E-state index contributed by atoms with van der Waals surface area (Å²) in [6.07, 6.45) is 0. The minimum absolute atomic E-state index is 0.194.